The number of hydrogen-bond donors (Lipinski definition) is 1. The minimum absolute atomic E-state index is 0.528. The third-order valence-electron chi connectivity index (χ3n) is 5.94. The van der Waals surface area contributed by atoms with E-state index in [0.29, 0.717) is 6.04 Å². The summed E-state index contributed by atoms with van der Waals surface area (Å²) in [6.07, 6.45) is 13.8. The second kappa shape index (κ2) is 8.19. The van der Waals surface area contributed by atoms with Crippen LogP contribution in [0.5, 0.6) is 0 Å². The van der Waals surface area contributed by atoms with Crippen molar-refractivity contribution in [3.05, 3.63) is 66.1 Å². The predicted molar refractivity (Wildman–Crippen MR) is 117 cm³/mol. The van der Waals surface area contributed by atoms with Gasteiger partial charge in [-0.1, -0.05) is 44.2 Å². The van der Waals surface area contributed by atoms with E-state index in [0.717, 1.165) is 29.1 Å². The van der Waals surface area contributed by atoms with E-state index in [4.69, 9.17) is 5.10 Å². The minimum Gasteiger partial charge on any atom is -0.366 e. The Hall–Kier alpha value is -2.95. The SMILES string of the molecule is c1cnc2ccc(Cc3cnc4ccc(NC5CCCCCCC5)nn34)cc2c1. The number of hydrogen-bond acceptors (Lipinski definition) is 4. The number of imidazole rings is 1. The lowest BCUT2D eigenvalue weighted by Crippen LogP contribution is -2.21. The van der Waals surface area contributed by atoms with Gasteiger partial charge in [-0.05, 0) is 48.7 Å². The second-order valence-electron chi connectivity index (χ2n) is 8.13. The average Bonchev–Trinajstić information content (AvgIpc) is 3.12. The molecule has 1 aliphatic carbocycles. The van der Waals surface area contributed by atoms with Crippen molar-refractivity contribution in [2.45, 2.75) is 57.4 Å². The summed E-state index contributed by atoms with van der Waals surface area (Å²) in [5.41, 5.74) is 4.26. The lowest BCUT2D eigenvalue weighted by atomic mass is 9.97. The molecule has 0 aliphatic heterocycles. The molecule has 3 heterocycles. The second-order valence-corrected chi connectivity index (χ2v) is 8.13. The van der Waals surface area contributed by atoms with Crippen LogP contribution in [0.15, 0.2) is 54.9 Å². The lowest BCUT2D eigenvalue weighted by Gasteiger charge is -2.21. The molecule has 1 fully saturated rings. The molecule has 5 nitrogen and oxygen atoms in total. The van der Waals surface area contributed by atoms with Gasteiger partial charge in [-0.3, -0.25) is 4.98 Å². The molecule has 0 radical (unpaired) electrons. The van der Waals surface area contributed by atoms with Crippen molar-refractivity contribution in [3.63, 3.8) is 0 Å². The van der Waals surface area contributed by atoms with Crippen LogP contribution in [-0.4, -0.2) is 25.6 Å². The molecule has 0 spiro atoms. The molecule has 0 atom stereocenters. The van der Waals surface area contributed by atoms with Gasteiger partial charge in [0.1, 0.15) is 5.82 Å². The molecule has 1 aliphatic rings. The third kappa shape index (κ3) is 4.09. The number of nitrogens with one attached hydrogen (secondary N) is 1. The van der Waals surface area contributed by atoms with Crippen molar-refractivity contribution in [2.75, 3.05) is 5.32 Å². The minimum atomic E-state index is 0.528. The van der Waals surface area contributed by atoms with Gasteiger partial charge in [0.25, 0.3) is 0 Å². The highest BCUT2D eigenvalue weighted by Crippen LogP contribution is 2.21. The maximum atomic E-state index is 4.87. The van der Waals surface area contributed by atoms with E-state index in [9.17, 15) is 0 Å². The molecule has 1 N–H and O–H groups in total. The molecular formula is C24H27N5. The Morgan fingerprint density at radius 3 is 2.69 bits per heavy atom. The highest BCUT2D eigenvalue weighted by molar-refractivity contribution is 5.79. The first-order chi connectivity index (χ1) is 14.3. The van der Waals surface area contributed by atoms with E-state index in [2.05, 4.69) is 51.7 Å². The molecule has 29 heavy (non-hydrogen) atoms. The fourth-order valence-corrected chi connectivity index (χ4v) is 4.37. The quantitative estimate of drug-likeness (QED) is 0.511. The van der Waals surface area contributed by atoms with Gasteiger partial charge < -0.3 is 5.32 Å². The van der Waals surface area contributed by atoms with Gasteiger partial charge in [-0.15, -0.1) is 5.10 Å². The van der Waals surface area contributed by atoms with Crippen molar-refractivity contribution in [2.24, 2.45) is 0 Å². The summed E-state index contributed by atoms with van der Waals surface area (Å²) >= 11 is 0. The van der Waals surface area contributed by atoms with Gasteiger partial charge in [-0.2, -0.15) is 0 Å². The lowest BCUT2D eigenvalue weighted by molar-refractivity contribution is 0.470. The number of fused-ring (bicyclic) bond motifs is 2. The average molecular weight is 386 g/mol. The van der Waals surface area contributed by atoms with Crippen LogP contribution < -0.4 is 5.32 Å². The zero-order valence-corrected chi connectivity index (χ0v) is 16.7. The molecule has 4 aromatic rings. The number of rotatable bonds is 4. The normalized spacial score (nSPS) is 16.0. The fourth-order valence-electron chi connectivity index (χ4n) is 4.37. The number of pyridine rings is 1. The predicted octanol–water partition coefficient (Wildman–Crippen LogP) is 5.39. The van der Waals surface area contributed by atoms with Crippen molar-refractivity contribution in [1.82, 2.24) is 19.6 Å². The Morgan fingerprint density at radius 2 is 1.79 bits per heavy atom. The molecule has 3 aromatic heterocycles. The van der Waals surface area contributed by atoms with E-state index < -0.39 is 0 Å². The molecule has 1 saturated carbocycles. The smallest absolute Gasteiger partial charge is 0.153 e. The van der Waals surface area contributed by atoms with Gasteiger partial charge in [0.15, 0.2) is 5.65 Å². The van der Waals surface area contributed by atoms with Crippen LogP contribution in [0.1, 0.15) is 56.2 Å². The number of nitrogens with zero attached hydrogens (tertiary/aromatic N) is 4. The molecule has 5 heteroatoms. The van der Waals surface area contributed by atoms with E-state index in [-0.39, 0.29) is 0 Å². The summed E-state index contributed by atoms with van der Waals surface area (Å²) in [5, 5.41) is 9.72. The molecule has 1 aromatic carbocycles. The number of anilines is 1. The van der Waals surface area contributed by atoms with Crippen LogP contribution in [-0.2, 0) is 6.42 Å². The Labute approximate surface area is 171 Å². The molecule has 0 unspecified atom stereocenters. The summed E-state index contributed by atoms with van der Waals surface area (Å²) in [4.78, 5) is 8.96. The van der Waals surface area contributed by atoms with Gasteiger partial charge in [-0.25, -0.2) is 9.50 Å². The number of aromatic nitrogens is 4. The summed E-state index contributed by atoms with van der Waals surface area (Å²) in [6.45, 7) is 0. The maximum absolute atomic E-state index is 4.87. The molecule has 5 rings (SSSR count). The molecule has 0 amide bonds. The zero-order valence-electron chi connectivity index (χ0n) is 16.7. The fraction of sp³-hybridized carbons (Fsp3) is 0.375. The Morgan fingerprint density at radius 1 is 0.931 bits per heavy atom. The van der Waals surface area contributed by atoms with Gasteiger partial charge in [0.2, 0.25) is 0 Å². The van der Waals surface area contributed by atoms with Crippen molar-refractivity contribution < 1.29 is 0 Å². The van der Waals surface area contributed by atoms with Crippen molar-refractivity contribution in [3.8, 4) is 0 Å². The first-order valence-corrected chi connectivity index (χ1v) is 10.8. The Kier molecular flexibility index (Phi) is 5.11. The summed E-state index contributed by atoms with van der Waals surface area (Å²) in [6, 6.07) is 15.2. The van der Waals surface area contributed by atoms with Crippen LogP contribution in [0.4, 0.5) is 5.82 Å². The van der Waals surface area contributed by atoms with E-state index in [1.807, 2.05) is 23.0 Å². The first-order valence-electron chi connectivity index (χ1n) is 10.8. The van der Waals surface area contributed by atoms with Gasteiger partial charge in [0.05, 0.1) is 17.4 Å². The van der Waals surface area contributed by atoms with Gasteiger partial charge in [0, 0.05) is 24.0 Å². The standard InChI is InChI=1S/C24H27N5/c1-2-4-8-20(9-5-3-1)27-23-12-13-24-26-17-21(29(24)28-23)16-18-10-11-22-19(15-18)7-6-14-25-22/h6-7,10-15,17,20H,1-5,8-9,16H2,(H,27,28). The monoisotopic (exact) mass is 385 g/mol. The molecular weight excluding hydrogens is 358 g/mol. The summed E-state index contributed by atoms with van der Waals surface area (Å²) < 4.78 is 1.98. The Balaban J connectivity index is 1.38. The highest BCUT2D eigenvalue weighted by Gasteiger charge is 2.13. The van der Waals surface area contributed by atoms with Gasteiger partial charge >= 0.3 is 0 Å². The summed E-state index contributed by atoms with van der Waals surface area (Å²) in [5.74, 6) is 0.949. The van der Waals surface area contributed by atoms with Crippen LogP contribution in [0.2, 0.25) is 0 Å². The van der Waals surface area contributed by atoms with Crippen molar-refractivity contribution in [1.29, 1.82) is 0 Å². The molecule has 0 bridgehead atoms. The van der Waals surface area contributed by atoms with Crippen LogP contribution in [0, 0.1) is 0 Å². The van der Waals surface area contributed by atoms with Crippen LogP contribution >= 0.6 is 0 Å². The van der Waals surface area contributed by atoms with Crippen LogP contribution in [0.3, 0.4) is 0 Å². The van der Waals surface area contributed by atoms with E-state index in [1.165, 1.54) is 55.9 Å². The third-order valence-corrected chi connectivity index (χ3v) is 5.94. The van der Waals surface area contributed by atoms with Crippen molar-refractivity contribution >= 4 is 22.4 Å². The first kappa shape index (κ1) is 18.1. The summed E-state index contributed by atoms with van der Waals surface area (Å²) in [7, 11) is 0. The highest BCUT2D eigenvalue weighted by atomic mass is 15.3. The number of benzene rings is 1. The maximum Gasteiger partial charge on any atom is 0.153 e. The topological polar surface area (TPSA) is 55.1 Å². The van der Waals surface area contributed by atoms with Crippen LogP contribution in [0.25, 0.3) is 16.6 Å². The van der Waals surface area contributed by atoms with E-state index >= 15 is 0 Å². The molecule has 0 saturated heterocycles. The molecule has 148 valence electrons. The van der Waals surface area contributed by atoms with E-state index in [1.54, 1.807) is 0 Å². The zero-order chi connectivity index (χ0) is 19.5. The Bertz CT molecular complexity index is 1110. The largest absolute Gasteiger partial charge is 0.366 e.